The third-order valence-corrected chi connectivity index (χ3v) is 8.06. The van der Waals surface area contributed by atoms with E-state index in [9.17, 15) is 9.90 Å². The minimum Gasteiger partial charge on any atom is -0.456 e. The van der Waals surface area contributed by atoms with Crippen molar-refractivity contribution in [3.8, 4) is 11.5 Å². The highest BCUT2D eigenvalue weighted by atomic mass is 16.5. The maximum atomic E-state index is 13.4. The van der Waals surface area contributed by atoms with Gasteiger partial charge in [0.2, 0.25) is 0 Å². The van der Waals surface area contributed by atoms with E-state index in [0.717, 1.165) is 61.1 Å². The lowest BCUT2D eigenvalue weighted by Gasteiger charge is -2.43. The van der Waals surface area contributed by atoms with Crippen molar-refractivity contribution in [3.05, 3.63) is 59.2 Å². The molecule has 3 N–H and O–H groups in total. The van der Waals surface area contributed by atoms with Gasteiger partial charge in [0.25, 0.3) is 0 Å². The minimum absolute atomic E-state index is 0.0482. The van der Waals surface area contributed by atoms with E-state index in [1.165, 1.54) is 0 Å². The van der Waals surface area contributed by atoms with E-state index >= 15 is 0 Å². The van der Waals surface area contributed by atoms with Gasteiger partial charge < -0.3 is 30.1 Å². The van der Waals surface area contributed by atoms with Crippen molar-refractivity contribution in [2.24, 2.45) is 11.8 Å². The van der Waals surface area contributed by atoms with E-state index in [4.69, 9.17) is 9.47 Å². The number of hydrogen-bond acceptors (Lipinski definition) is 5. The highest BCUT2D eigenvalue weighted by molar-refractivity contribution is 5.74. The van der Waals surface area contributed by atoms with Crippen molar-refractivity contribution in [3.63, 3.8) is 0 Å². The number of piperidine rings is 1. The van der Waals surface area contributed by atoms with Gasteiger partial charge in [-0.2, -0.15) is 0 Å². The highest BCUT2D eigenvalue weighted by Crippen LogP contribution is 2.45. The van der Waals surface area contributed by atoms with Gasteiger partial charge in [-0.3, -0.25) is 0 Å². The lowest BCUT2D eigenvalue weighted by Crippen LogP contribution is -2.54. The Kier molecular flexibility index (Phi) is 12.3. The molecule has 7 nitrogen and oxygen atoms in total. The molecule has 1 saturated heterocycles. The van der Waals surface area contributed by atoms with Gasteiger partial charge in [0, 0.05) is 50.9 Å². The van der Waals surface area contributed by atoms with Gasteiger partial charge in [-0.1, -0.05) is 50.2 Å². The molecule has 40 heavy (non-hydrogen) atoms. The van der Waals surface area contributed by atoms with Crippen LogP contribution in [0.25, 0.3) is 0 Å². The lowest BCUT2D eigenvalue weighted by atomic mass is 9.73. The standard InChI is InChI=1S/C33H51N3O4/c1-24(2)21-28(22-34-5)35-32(37)36-19-12-15-27(23-36)33(38,18-9-10-20-39-6)29-16-11-14-26(4)31(29)40-30-17-8-7-13-25(30)3/h7-8,11,13-14,16-17,24,27-28,34,38H,9-10,12,15,18-23H2,1-6H3,(H,35,37). The Morgan fingerprint density at radius 2 is 1.88 bits per heavy atom. The smallest absolute Gasteiger partial charge is 0.317 e. The molecule has 2 aromatic carbocycles. The summed E-state index contributed by atoms with van der Waals surface area (Å²) in [7, 11) is 3.62. The zero-order chi connectivity index (χ0) is 29.1. The van der Waals surface area contributed by atoms with Crippen LogP contribution in [0.15, 0.2) is 42.5 Å². The first-order valence-electron chi connectivity index (χ1n) is 14.9. The van der Waals surface area contributed by atoms with Crippen LogP contribution in [0.3, 0.4) is 0 Å². The molecule has 0 radical (unpaired) electrons. The van der Waals surface area contributed by atoms with Crippen LogP contribution in [-0.2, 0) is 10.3 Å². The summed E-state index contributed by atoms with van der Waals surface area (Å²) in [5.41, 5.74) is 1.66. The zero-order valence-electron chi connectivity index (χ0n) is 25.5. The Bertz CT molecular complexity index is 1080. The molecule has 2 amide bonds. The number of methoxy groups -OCH3 is 1. The molecular weight excluding hydrogens is 502 g/mol. The number of amides is 2. The number of ether oxygens (including phenoxy) is 2. The van der Waals surface area contributed by atoms with Crippen molar-refractivity contribution in [2.75, 3.05) is 40.4 Å². The molecule has 0 aromatic heterocycles. The Balaban J connectivity index is 1.92. The summed E-state index contributed by atoms with van der Waals surface area (Å²) in [6, 6.07) is 14.0. The average molecular weight is 554 g/mol. The molecule has 0 aliphatic carbocycles. The van der Waals surface area contributed by atoms with Crippen LogP contribution in [0.2, 0.25) is 0 Å². The number of carbonyl (C=O) groups is 1. The van der Waals surface area contributed by atoms with Crippen LogP contribution in [-0.4, -0.2) is 62.5 Å². The SMILES string of the molecule is CNCC(CC(C)C)NC(=O)N1CCCC(C(O)(CCCCOC)c2cccc(C)c2Oc2ccccc2C)C1. The normalized spacial score (nSPS) is 17.9. The van der Waals surface area contributed by atoms with Gasteiger partial charge in [0.1, 0.15) is 11.5 Å². The summed E-state index contributed by atoms with van der Waals surface area (Å²) in [6.07, 6.45) is 4.84. The van der Waals surface area contributed by atoms with Gasteiger partial charge in [-0.25, -0.2) is 4.79 Å². The highest BCUT2D eigenvalue weighted by Gasteiger charge is 2.43. The van der Waals surface area contributed by atoms with Crippen molar-refractivity contribution < 1.29 is 19.4 Å². The monoisotopic (exact) mass is 553 g/mol. The van der Waals surface area contributed by atoms with Gasteiger partial charge in [-0.05, 0) is 82.5 Å². The number of para-hydroxylation sites is 2. The number of nitrogens with zero attached hydrogens (tertiary/aromatic N) is 1. The van der Waals surface area contributed by atoms with Crippen molar-refractivity contribution in [2.45, 2.75) is 77.9 Å². The fourth-order valence-corrected chi connectivity index (χ4v) is 5.94. The molecular formula is C33H51N3O4. The first kappa shape index (κ1) is 31.9. The number of likely N-dealkylation sites (tertiary alicyclic amines) is 1. The summed E-state index contributed by atoms with van der Waals surface area (Å²) in [6.45, 7) is 11.0. The number of aryl methyl sites for hydroxylation is 2. The summed E-state index contributed by atoms with van der Waals surface area (Å²) < 4.78 is 11.8. The van der Waals surface area contributed by atoms with Gasteiger partial charge >= 0.3 is 6.03 Å². The summed E-state index contributed by atoms with van der Waals surface area (Å²) in [5.74, 6) is 1.85. The molecule has 1 fully saturated rings. The van der Waals surface area contributed by atoms with Gasteiger partial charge in [0.05, 0.1) is 5.60 Å². The van der Waals surface area contributed by atoms with Crippen LogP contribution in [0.5, 0.6) is 11.5 Å². The van der Waals surface area contributed by atoms with E-state index in [-0.39, 0.29) is 18.0 Å². The number of unbranched alkanes of at least 4 members (excludes halogenated alkanes) is 1. The van der Waals surface area contributed by atoms with Crippen LogP contribution in [0.1, 0.15) is 69.1 Å². The second-order valence-corrected chi connectivity index (χ2v) is 11.8. The molecule has 3 rings (SSSR count). The molecule has 0 spiro atoms. The van der Waals surface area contributed by atoms with Crippen molar-refractivity contribution in [1.82, 2.24) is 15.5 Å². The second-order valence-electron chi connectivity index (χ2n) is 11.8. The minimum atomic E-state index is -1.15. The fraction of sp³-hybridized carbons (Fsp3) is 0.606. The number of likely N-dealkylation sites (N-methyl/N-ethyl adjacent to an activating group) is 1. The summed E-state index contributed by atoms with van der Waals surface area (Å²) in [4.78, 5) is 15.3. The number of nitrogens with one attached hydrogen (secondary N) is 2. The van der Waals surface area contributed by atoms with Crippen LogP contribution < -0.4 is 15.4 Å². The van der Waals surface area contributed by atoms with Crippen LogP contribution in [0, 0.1) is 25.7 Å². The largest absolute Gasteiger partial charge is 0.456 e. The molecule has 1 heterocycles. The molecule has 0 bridgehead atoms. The predicted molar refractivity (Wildman–Crippen MR) is 162 cm³/mol. The third kappa shape index (κ3) is 8.45. The Hall–Kier alpha value is -2.61. The molecule has 3 unspecified atom stereocenters. The molecule has 0 saturated carbocycles. The molecule has 1 aliphatic rings. The maximum absolute atomic E-state index is 13.4. The van der Waals surface area contributed by atoms with E-state index < -0.39 is 5.60 Å². The van der Waals surface area contributed by atoms with E-state index in [0.29, 0.717) is 37.8 Å². The number of benzene rings is 2. The van der Waals surface area contributed by atoms with E-state index in [2.05, 4.69) is 24.5 Å². The number of urea groups is 1. The van der Waals surface area contributed by atoms with Crippen LogP contribution in [0.4, 0.5) is 4.79 Å². The zero-order valence-corrected chi connectivity index (χ0v) is 25.5. The van der Waals surface area contributed by atoms with E-state index in [1.807, 2.05) is 68.3 Å². The average Bonchev–Trinajstić information content (AvgIpc) is 2.93. The summed E-state index contributed by atoms with van der Waals surface area (Å²) in [5, 5.41) is 19.1. The Labute approximate surface area is 241 Å². The first-order chi connectivity index (χ1) is 19.2. The van der Waals surface area contributed by atoms with E-state index in [1.54, 1.807) is 7.11 Å². The lowest BCUT2D eigenvalue weighted by molar-refractivity contribution is -0.0575. The number of aliphatic hydroxyl groups is 1. The van der Waals surface area contributed by atoms with Crippen molar-refractivity contribution >= 4 is 6.03 Å². The van der Waals surface area contributed by atoms with Gasteiger partial charge in [-0.15, -0.1) is 0 Å². The first-order valence-corrected chi connectivity index (χ1v) is 14.9. The van der Waals surface area contributed by atoms with Crippen LogP contribution >= 0.6 is 0 Å². The second kappa shape index (κ2) is 15.4. The molecule has 7 heteroatoms. The van der Waals surface area contributed by atoms with Crippen molar-refractivity contribution in [1.29, 1.82) is 0 Å². The summed E-state index contributed by atoms with van der Waals surface area (Å²) >= 11 is 0. The molecule has 222 valence electrons. The molecule has 3 atom stereocenters. The topological polar surface area (TPSA) is 83.1 Å². The van der Waals surface area contributed by atoms with Gasteiger partial charge in [0.15, 0.2) is 0 Å². The maximum Gasteiger partial charge on any atom is 0.317 e. The fourth-order valence-electron chi connectivity index (χ4n) is 5.94. The third-order valence-electron chi connectivity index (χ3n) is 8.06. The Morgan fingerprint density at radius 3 is 2.58 bits per heavy atom. The number of rotatable bonds is 14. The number of hydrogen-bond donors (Lipinski definition) is 3. The molecule has 1 aliphatic heterocycles. The Morgan fingerprint density at radius 1 is 1.12 bits per heavy atom. The number of carbonyl (C=O) groups excluding carboxylic acids is 1. The quantitative estimate of drug-likeness (QED) is 0.244. The predicted octanol–water partition coefficient (Wildman–Crippen LogP) is 6.16. The molecule has 2 aromatic rings.